The van der Waals surface area contributed by atoms with Gasteiger partial charge < -0.3 is 15.4 Å². The van der Waals surface area contributed by atoms with Gasteiger partial charge in [0.15, 0.2) is 5.50 Å². The summed E-state index contributed by atoms with van der Waals surface area (Å²) in [5.74, 6) is 0.496. The zero-order chi connectivity index (χ0) is 17.1. The first kappa shape index (κ1) is 17.0. The Hall–Kier alpha value is -1.82. The predicted octanol–water partition coefficient (Wildman–Crippen LogP) is 4.60. The van der Waals surface area contributed by atoms with E-state index in [9.17, 15) is 4.79 Å². The molecule has 1 heterocycles. The number of rotatable bonds is 4. The van der Waals surface area contributed by atoms with Gasteiger partial charge in [0.05, 0.1) is 17.7 Å². The van der Waals surface area contributed by atoms with E-state index in [0.29, 0.717) is 26.4 Å². The highest BCUT2D eigenvalue weighted by molar-refractivity contribution is 8.05. The van der Waals surface area contributed by atoms with Crippen molar-refractivity contribution in [3.8, 4) is 5.75 Å². The number of halogens is 2. The largest absolute Gasteiger partial charge is 0.495 e. The van der Waals surface area contributed by atoms with Crippen LogP contribution >= 0.6 is 35.0 Å². The molecule has 7 heteroatoms. The van der Waals surface area contributed by atoms with Gasteiger partial charge in [-0.2, -0.15) is 0 Å². The van der Waals surface area contributed by atoms with Crippen LogP contribution in [0.5, 0.6) is 5.75 Å². The fourth-order valence-corrected chi connectivity index (χ4v) is 3.56. The summed E-state index contributed by atoms with van der Waals surface area (Å²) in [6.07, 6.45) is 1.78. The molecule has 1 unspecified atom stereocenters. The van der Waals surface area contributed by atoms with Crippen LogP contribution in [0.2, 0.25) is 10.0 Å². The molecule has 0 aliphatic carbocycles. The average molecular weight is 381 g/mol. The molecule has 2 aromatic carbocycles. The molecule has 2 N–H and O–H groups in total. The number of amides is 1. The first-order valence-electron chi connectivity index (χ1n) is 7.10. The number of nitrogens with one attached hydrogen (secondary N) is 2. The molecule has 0 radical (unpaired) electrons. The summed E-state index contributed by atoms with van der Waals surface area (Å²) in [7, 11) is 1.58. The van der Waals surface area contributed by atoms with Gasteiger partial charge in [0.2, 0.25) is 0 Å². The molecule has 24 heavy (non-hydrogen) atoms. The smallest absolute Gasteiger partial charge is 0.260 e. The van der Waals surface area contributed by atoms with E-state index < -0.39 is 0 Å². The van der Waals surface area contributed by atoms with Gasteiger partial charge >= 0.3 is 0 Å². The Bertz CT molecular complexity index is 811. The number of thioether (sulfide) groups is 1. The lowest BCUT2D eigenvalue weighted by Gasteiger charge is -2.15. The summed E-state index contributed by atoms with van der Waals surface area (Å²) in [4.78, 5) is 12.8. The zero-order valence-electron chi connectivity index (χ0n) is 12.7. The van der Waals surface area contributed by atoms with Gasteiger partial charge in [-0.25, -0.2) is 0 Å². The lowest BCUT2D eigenvalue weighted by Crippen LogP contribution is -2.31. The Morgan fingerprint density at radius 2 is 2.04 bits per heavy atom. The Kier molecular flexibility index (Phi) is 5.23. The van der Waals surface area contributed by atoms with Crippen LogP contribution in [0.25, 0.3) is 6.08 Å². The molecular formula is C17H14Cl2N2O2S. The van der Waals surface area contributed by atoms with Crippen LogP contribution in [0.1, 0.15) is 5.56 Å². The standard InChI is InChI=1S/C17H14Cl2N2O2S/c1-23-14-7-6-11(18)9-13(14)20-17-21-16(22)15(24-17)8-10-4-2-3-5-12(10)19/h2-9,17,20H,1H3,(H,21,22)/b15-8-. The molecule has 1 atom stereocenters. The lowest BCUT2D eigenvalue weighted by molar-refractivity contribution is -0.116. The highest BCUT2D eigenvalue weighted by Gasteiger charge is 2.28. The number of methoxy groups -OCH3 is 1. The number of benzene rings is 2. The number of anilines is 1. The van der Waals surface area contributed by atoms with Crippen molar-refractivity contribution in [3.05, 3.63) is 63.0 Å². The van der Waals surface area contributed by atoms with Gasteiger partial charge in [-0.15, -0.1) is 0 Å². The third-order valence-electron chi connectivity index (χ3n) is 3.37. The van der Waals surface area contributed by atoms with Gasteiger partial charge in [0.25, 0.3) is 5.91 Å². The minimum Gasteiger partial charge on any atom is -0.495 e. The molecule has 0 bridgehead atoms. The van der Waals surface area contributed by atoms with Crippen molar-refractivity contribution < 1.29 is 9.53 Å². The number of carbonyl (C=O) groups is 1. The SMILES string of the molecule is COc1ccc(Cl)cc1NC1NC(=O)/C(=C/c2ccccc2Cl)S1. The summed E-state index contributed by atoms with van der Waals surface area (Å²) in [6.45, 7) is 0. The van der Waals surface area contributed by atoms with E-state index in [2.05, 4.69) is 10.6 Å². The van der Waals surface area contributed by atoms with Crippen molar-refractivity contribution in [2.45, 2.75) is 5.50 Å². The molecule has 0 saturated carbocycles. The van der Waals surface area contributed by atoms with E-state index in [1.807, 2.05) is 18.2 Å². The van der Waals surface area contributed by atoms with E-state index in [0.717, 1.165) is 5.56 Å². The molecule has 0 spiro atoms. The second-order valence-electron chi connectivity index (χ2n) is 4.99. The minimum absolute atomic E-state index is 0.154. The molecule has 2 aromatic rings. The van der Waals surface area contributed by atoms with Gasteiger partial charge in [0.1, 0.15) is 5.75 Å². The number of hydrogen-bond donors (Lipinski definition) is 2. The first-order valence-corrected chi connectivity index (χ1v) is 8.74. The molecule has 1 fully saturated rings. The summed E-state index contributed by atoms with van der Waals surface area (Å²) in [5.41, 5.74) is 1.19. The molecule has 0 aromatic heterocycles. The third kappa shape index (κ3) is 3.80. The summed E-state index contributed by atoms with van der Waals surface area (Å²) >= 11 is 13.5. The Morgan fingerprint density at radius 1 is 1.25 bits per heavy atom. The molecular weight excluding hydrogens is 367 g/mol. The van der Waals surface area contributed by atoms with E-state index in [1.54, 1.807) is 37.5 Å². The molecule has 1 aliphatic rings. The predicted molar refractivity (Wildman–Crippen MR) is 101 cm³/mol. The van der Waals surface area contributed by atoms with Crippen LogP contribution in [0, 0.1) is 0 Å². The van der Waals surface area contributed by atoms with Gasteiger partial charge in [0, 0.05) is 10.0 Å². The van der Waals surface area contributed by atoms with Crippen LogP contribution in [-0.4, -0.2) is 18.5 Å². The Balaban J connectivity index is 1.78. The van der Waals surface area contributed by atoms with E-state index in [4.69, 9.17) is 27.9 Å². The third-order valence-corrected chi connectivity index (χ3v) is 4.98. The normalized spacial score (nSPS) is 18.5. The number of carbonyl (C=O) groups excluding carboxylic acids is 1. The minimum atomic E-state index is -0.321. The highest BCUT2D eigenvalue weighted by Crippen LogP contribution is 2.34. The molecule has 1 aliphatic heterocycles. The first-order chi connectivity index (χ1) is 11.6. The summed E-state index contributed by atoms with van der Waals surface area (Å²) in [6, 6.07) is 12.6. The second-order valence-corrected chi connectivity index (χ2v) is 6.98. The highest BCUT2D eigenvalue weighted by atomic mass is 35.5. The van der Waals surface area contributed by atoms with Crippen molar-refractivity contribution in [2.75, 3.05) is 12.4 Å². The van der Waals surface area contributed by atoms with Crippen LogP contribution in [0.4, 0.5) is 5.69 Å². The quantitative estimate of drug-likeness (QED) is 0.760. The summed E-state index contributed by atoms with van der Waals surface area (Å²) in [5, 5.41) is 7.26. The van der Waals surface area contributed by atoms with Crippen molar-refractivity contribution in [3.63, 3.8) is 0 Å². The van der Waals surface area contributed by atoms with Crippen LogP contribution in [0.3, 0.4) is 0 Å². The van der Waals surface area contributed by atoms with Crippen molar-refractivity contribution in [2.24, 2.45) is 0 Å². The number of hydrogen-bond acceptors (Lipinski definition) is 4. The maximum atomic E-state index is 12.2. The van der Waals surface area contributed by atoms with Crippen LogP contribution < -0.4 is 15.4 Å². The Labute approximate surface area is 154 Å². The van der Waals surface area contributed by atoms with Gasteiger partial charge in [-0.05, 0) is 35.9 Å². The summed E-state index contributed by atoms with van der Waals surface area (Å²) < 4.78 is 5.30. The molecule has 1 amide bonds. The van der Waals surface area contributed by atoms with Crippen molar-refractivity contribution in [1.82, 2.24) is 5.32 Å². The molecule has 1 saturated heterocycles. The molecule has 4 nitrogen and oxygen atoms in total. The molecule has 124 valence electrons. The maximum Gasteiger partial charge on any atom is 0.260 e. The second kappa shape index (κ2) is 7.38. The van der Waals surface area contributed by atoms with E-state index >= 15 is 0 Å². The lowest BCUT2D eigenvalue weighted by atomic mass is 10.2. The maximum absolute atomic E-state index is 12.2. The van der Waals surface area contributed by atoms with Crippen molar-refractivity contribution in [1.29, 1.82) is 0 Å². The molecule has 3 rings (SSSR count). The Morgan fingerprint density at radius 3 is 2.79 bits per heavy atom. The zero-order valence-corrected chi connectivity index (χ0v) is 15.0. The van der Waals surface area contributed by atoms with E-state index in [-0.39, 0.29) is 11.4 Å². The fraction of sp³-hybridized carbons (Fsp3) is 0.118. The topological polar surface area (TPSA) is 50.4 Å². The van der Waals surface area contributed by atoms with Crippen LogP contribution in [-0.2, 0) is 4.79 Å². The van der Waals surface area contributed by atoms with Gasteiger partial charge in [-0.1, -0.05) is 53.2 Å². The van der Waals surface area contributed by atoms with Crippen LogP contribution in [0.15, 0.2) is 47.4 Å². The van der Waals surface area contributed by atoms with Gasteiger partial charge in [-0.3, -0.25) is 4.79 Å². The number of ether oxygens (including phenoxy) is 1. The monoisotopic (exact) mass is 380 g/mol. The average Bonchev–Trinajstić information content (AvgIpc) is 2.89. The van der Waals surface area contributed by atoms with E-state index in [1.165, 1.54) is 11.8 Å². The van der Waals surface area contributed by atoms with Crippen molar-refractivity contribution >= 4 is 52.6 Å². The fourth-order valence-electron chi connectivity index (χ4n) is 2.23.